The lowest BCUT2D eigenvalue weighted by molar-refractivity contribution is 0.166. The van der Waals surface area contributed by atoms with Gasteiger partial charge < -0.3 is 0 Å². The monoisotopic (exact) mass is 298 g/mol. The summed E-state index contributed by atoms with van der Waals surface area (Å²) in [6.07, 6.45) is 7.33. The van der Waals surface area contributed by atoms with Crippen LogP contribution in [0.2, 0.25) is 0 Å². The summed E-state index contributed by atoms with van der Waals surface area (Å²) in [6, 6.07) is 18.6. The van der Waals surface area contributed by atoms with E-state index >= 15 is 0 Å². The van der Waals surface area contributed by atoms with Gasteiger partial charge >= 0.3 is 0 Å². The topological polar surface area (TPSA) is 0 Å². The van der Waals surface area contributed by atoms with E-state index in [9.17, 15) is 0 Å². The van der Waals surface area contributed by atoms with Crippen molar-refractivity contribution in [2.45, 2.75) is 43.9 Å². The zero-order valence-corrected chi connectivity index (χ0v) is 13.5. The van der Waals surface area contributed by atoms with Crippen molar-refractivity contribution in [2.75, 3.05) is 0 Å². The third-order valence-electron chi connectivity index (χ3n) is 6.99. The zero-order valence-electron chi connectivity index (χ0n) is 13.5. The zero-order chi connectivity index (χ0) is 15.0. The Labute approximate surface area is 137 Å². The second-order valence-corrected chi connectivity index (χ2v) is 8.25. The Morgan fingerprint density at radius 2 is 1.30 bits per heavy atom. The first-order valence-electron chi connectivity index (χ1n) is 9.31. The normalized spacial score (nSPS) is 31.5. The molecule has 0 radical (unpaired) electrons. The minimum absolute atomic E-state index is 0.825. The van der Waals surface area contributed by atoms with Crippen LogP contribution in [0.4, 0.5) is 0 Å². The first-order valence-corrected chi connectivity index (χ1v) is 9.31. The second-order valence-electron chi connectivity index (χ2n) is 8.25. The molecule has 23 heavy (non-hydrogen) atoms. The highest BCUT2D eigenvalue weighted by Crippen LogP contribution is 2.57. The minimum Gasteiger partial charge on any atom is -0.0616 e. The molecular weight excluding hydrogens is 276 g/mol. The smallest absolute Gasteiger partial charge is 0.0102 e. The number of hydrogen-bond acceptors (Lipinski definition) is 0. The lowest BCUT2D eigenvalue weighted by atomic mass is 9.67. The Morgan fingerprint density at radius 3 is 2.17 bits per heavy atom. The van der Waals surface area contributed by atoms with Crippen LogP contribution < -0.4 is 0 Å². The number of rotatable bonds is 0. The van der Waals surface area contributed by atoms with Crippen molar-refractivity contribution in [3.8, 4) is 0 Å². The molecule has 3 aromatic rings. The van der Waals surface area contributed by atoms with Crippen molar-refractivity contribution < 1.29 is 0 Å². The van der Waals surface area contributed by atoms with Gasteiger partial charge in [-0.05, 0) is 88.4 Å². The molecule has 3 aromatic carbocycles. The van der Waals surface area contributed by atoms with Gasteiger partial charge in [0, 0.05) is 0 Å². The predicted octanol–water partition coefficient (Wildman–Crippen LogP) is 6.38. The molecule has 0 aromatic heterocycles. The highest BCUT2D eigenvalue weighted by molar-refractivity contribution is 6.09. The molecule has 2 unspecified atom stereocenters. The first kappa shape index (κ1) is 12.6. The molecule has 4 aliphatic rings. The lowest BCUT2D eigenvalue weighted by Gasteiger charge is -2.38. The van der Waals surface area contributed by atoms with Crippen LogP contribution in [0.1, 0.15) is 55.1 Å². The Hall–Kier alpha value is -1.82. The van der Waals surface area contributed by atoms with E-state index in [0.29, 0.717) is 0 Å². The van der Waals surface area contributed by atoms with Crippen molar-refractivity contribution in [1.29, 1.82) is 0 Å². The summed E-state index contributed by atoms with van der Waals surface area (Å²) in [4.78, 5) is 0. The molecule has 4 bridgehead atoms. The molecule has 2 saturated carbocycles. The highest BCUT2D eigenvalue weighted by Gasteiger charge is 2.42. The van der Waals surface area contributed by atoms with Crippen molar-refractivity contribution in [2.24, 2.45) is 11.8 Å². The fourth-order valence-electron chi connectivity index (χ4n) is 6.28. The Kier molecular flexibility index (Phi) is 2.40. The fourth-order valence-corrected chi connectivity index (χ4v) is 6.28. The van der Waals surface area contributed by atoms with Gasteiger partial charge in [0.15, 0.2) is 0 Å². The van der Waals surface area contributed by atoms with E-state index in [2.05, 4.69) is 48.5 Å². The maximum atomic E-state index is 2.50. The van der Waals surface area contributed by atoms with Crippen LogP contribution >= 0.6 is 0 Å². The standard InChI is InChI=1S/C23H22/c1-2-4-19-16(3-1)5-6-22-21(19)8-7-20-17-10-14-9-15(11-17)13-18(12-14)23(20)22/h1-8,14-15,17-18H,9-13H2. The van der Waals surface area contributed by atoms with Crippen LogP contribution in [0.5, 0.6) is 0 Å². The van der Waals surface area contributed by atoms with E-state index in [4.69, 9.17) is 0 Å². The Balaban J connectivity index is 1.71. The van der Waals surface area contributed by atoms with Crippen LogP contribution in [-0.2, 0) is 0 Å². The maximum absolute atomic E-state index is 2.50. The summed E-state index contributed by atoms with van der Waals surface area (Å²) >= 11 is 0. The van der Waals surface area contributed by atoms with Gasteiger partial charge in [0.2, 0.25) is 0 Å². The van der Waals surface area contributed by atoms with Crippen LogP contribution in [0.15, 0.2) is 48.5 Å². The van der Waals surface area contributed by atoms with Gasteiger partial charge in [-0.1, -0.05) is 48.5 Å². The van der Waals surface area contributed by atoms with Gasteiger partial charge in [0.25, 0.3) is 0 Å². The van der Waals surface area contributed by atoms with E-state index in [1.54, 1.807) is 16.5 Å². The van der Waals surface area contributed by atoms with Gasteiger partial charge in [-0.25, -0.2) is 0 Å². The van der Waals surface area contributed by atoms with E-state index in [-0.39, 0.29) is 0 Å². The number of fused-ring (bicyclic) bond motifs is 3. The van der Waals surface area contributed by atoms with Crippen LogP contribution in [0.25, 0.3) is 21.5 Å². The SMILES string of the molecule is c1ccc2c(c1)ccc1c3c(ccc12)C1CC2CC(C1)CC3C2. The van der Waals surface area contributed by atoms with Crippen molar-refractivity contribution >= 4 is 21.5 Å². The first-order chi connectivity index (χ1) is 11.4. The largest absolute Gasteiger partial charge is 0.0616 e. The summed E-state index contributed by atoms with van der Waals surface area (Å²) < 4.78 is 0. The quantitative estimate of drug-likeness (QED) is 0.422. The van der Waals surface area contributed by atoms with Crippen LogP contribution in [-0.4, -0.2) is 0 Å². The van der Waals surface area contributed by atoms with Gasteiger partial charge in [-0.2, -0.15) is 0 Å². The van der Waals surface area contributed by atoms with E-state index < -0.39 is 0 Å². The van der Waals surface area contributed by atoms with Gasteiger partial charge in [0.1, 0.15) is 0 Å². The molecule has 0 spiro atoms. The fraction of sp³-hybridized carbons (Fsp3) is 0.391. The molecule has 0 heterocycles. The van der Waals surface area contributed by atoms with Gasteiger partial charge in [-0.15, -0.1) is 0 Å². The summed E-state index contributed by atoms with van der Waals surface area (Å²) in [5.74, 6) is 3.67. The molecule has 0 amide bonds. The molecule has 7 rings (SSSR count). The Morgan fingerprint density at radius 1 is 0.565 bits per heavy atom. The molecule has 0 heteroatoms. The molecule has 0 aliphatic heterocycles. The molecule has 2 fully saturated rings. The summed E-state index contributed by atoms with van der Waals surface area (Å²) in [7, 11) is 0. The number of benzene rings is 3. The predicted molar refractivity (Wildman–Crippen MR) is 97.0 cm³/mol. The van der Waals surface area contributed by atoms with Crippen molar-refractivity contribution in [3.63, 3.8) is 0 Å². The highest BCUT2D eigenvalue weighted by atomic mass is 14.5. The number of hydrogen-bond donors (Lipinski definition) is 0. The molecule has 0 N–H and O–H groups in total. The molecule has 4 aliphatic carbocycles. The summed E-state index contributed by atoms with van der Waals surface area (Å²) in [5.41, 5.74) is 3.45. The average molecular weight is 298 g/mol. The average Bonchev–Trinajstić information content (AvgIpc) is 2.76. The molecule has 2 atom stereocenters. The lowest BCUT2D eigenvalue weighted by Crippen LogP contribution is -2.25. The Bertz CT molecular complexity index is 921. The van der Waals surface area contributed by atoms with E-state index in [1.807, 2.05) is 0 Å². The third kappa shape index (κ3) is 1.67. The van der Waals surface area contributed by atoms with Crippen LogP contribution in [0, 0.1) is 11.8 Å². The molecule has 0 nitrogen and oxygen atoms in total. The molecule has 114 valence electrons. The molecule has 0 saturated heterocycles. The minimum atomic E-state index is 0.825. The summed E-state index contributed by atoms with van der Waals surface area (Å²) in [5, 5.41) is 5.83. The van der Waals surface area contributed by atoms with Crippen molar-refractivity contribution in [1.82, 2.24) is 0 Å². The maximum Gasteiger partial charge on any atom is -0.0102 e. The van der Waals surface area contributed by atoms with E-state index in [1.165, 1.54) is 48.3 Å². The van der Waals surface area contributed by atoms with Crippen LogP contribution in [0.3, 0.4) is 0 Å². The van der Waals surface area contributed by atoms with Crippen molar-refractivity contribution in [3.05, 3.63) is 59.7 Å². The third-order valence-corrected chi connectivity index (χ3v) is 6.99. The van der Waals surface area contributed by atoms with Gasteiger partial charge in [0.05, 0.1) is 0 Å². The molecular formula is C23H22. The summed E-state index contributed by atoms with van der Waals surface area (Å²) in [6.45, 7) is 0. The second kappa shape index (κ2) is 4.38. The van der Waals surface area contributed by atoms with E-state index in [0.717, 1.165) is 23.7 Å². The van der Waals surface area contributed by atoms with Gasteiger partial charge in [-0.3, -0.25) is 0 Å².